The third-order valence-corrected chi connectivity index (χ3v) is 5.83. The molecule has 3 aromatic rings. The number of hydrogen-bond acceptors (Lipinski definition) is 3. The average Bonchev–Trinajstić information content (AvgIpc) is 2.79. The fraction of sp³-hybridized carbons (Fsp3) is 0.240. The molecule has 0 fully saturated rings. The van der Waals surface area contributed by atoms with Gasteiger partial charge in [-0.1, -0.05) is 19.1 Å². The molecule has 8 heteroatoms. The highest BCUT2D eigenvalue weighted by Crippen LogP contribution is 2.29. The van der Waals surface area contributed by atoms with Gasteiger partial charge in [-0.25, -0.2) is 18.2 Å². The summed E-state index contributed by atoms with van der Waals surface area (Å²) >= 11 is 0. The van der Waals surface area contributed by atoms with Crippen molar-refractivity contribution in [2.75, 3.05) is 18.5 Å². The van der Waals surface area contributed by atoms with Crippen molar-refractivity contribution in [2.24, 2.45) is 0 Å². The molecule has 5 nitrogen and oxygen atoms in total. The van der Waals surface area contributed by atoms with Gasteiger partial charge in [0.25, 0.3) is 11.8 Å². The van der Waals surface area contributed by atoms with Crippen molar-refractivity contribution in [3.05, 3.63) is 93.4 Å². The lowest BCUT2D eigenvalue weighted by Crippen LogP contribution is -2.39. The van der Waals surface area contributed by atoms with E-state index in [0.717, 1.165) is 22.9 Å². The number of fused-ring (bicyclic) bond motifs is 1. The highest BCUT2D eigenvalue weighted by atomic mass is 19.1. The molecular weight excluding hydrogens is 431 g/mol. The standard InChI is InChI=1S/C25H22F3N3O2/c1-3-15-10-16-6-7-31(23-22(28)12-18(26)13-30-23)25(33)20(16)11-17(15)8-14-4-5-19(21(27)9-14)24(32)29-2/h4-5,9-13H,3,6-8H2,1-2H3,(H,29,32). The number of benzene rings is 2. The minimum Gasteiger partial charge on any atom is -0.355 e. The lowest BCUT2D eigenvalue weighted by Gasteiger charge is -2.29. The number of anilines is 1. The van der Waals surface area contributed by atoms with Crippen LogP contribution in [0.2, 0.25) is 0 Å². The monoisotopic (exact) mass is 453 g/mol. The van der Waals surface area contributed by atoms with E-state index in [4.69, 9.17) is 0 Å². The van der Waals surface area contributed by atoms with Crippen LogP contribution in [-0.2, 0) is 19.3 Å². The predicted octanol–water partition coefficient (Wildman–Crippen LogP) is 4.21. The summed E-state index contributed by atoms with van der Waals surface area (Å²) in [6.07, 6.45) is 2.46. The molecule has 2 amide bonds. The Morgan fingerprint density at radius 3 is 2.55 bits per heavy atom. The number of amides is 2. The van der Waals surface area contributed by atoms with Crippen LogP contribution in [0.3, 0.4) is 0 Å². The van der Waals surface area contributed by atoms with Gasteiger partial charge in [0.2, 0.25) is 0 Å². The molecule has 0 saturated carbocycles. The number of carbonyl (C=O) groups excluding carboxylic acids is 2. The Labute approximate surface area is 189 Å². The SMILES string of the molecule is CCc1cc2c(cc1Cc1ccc(C(=O)NC)c(F)c1)C(=O)N(c1ncc(F)cc1F)CC2. The number of pyridine rings is 1. The fourth-order valence-electron chi connectivity index (χ4n) is 4.13. The van der Waals surface area contributed by atoms with Crippen LogP contribution in [-0.4, -0.2) is 30.4 Å². The molecule has 0 spiro atoms. The molecule has 2 heterocycles. The molecule has 1 aromatic heterocycles. The van der Waals surface area contributed by atoms with E-state index in [1.165, 1.54) is 24.1 Å². The second-order valence-electron chi connectivity index (χ2n) is 7.87. The van der Waals surface area contributed by atoms with Crippen molar-refractivity contribution in [2.45, 2.75) is 26.2 Å². The van der Waals surface area contributed by atoms with Crippen LogP contribution in [0.5, 0.6) is 0 Å². The molecule has 1 N–H and O–H groups in total. The third-order valence-electron chi connectivity index (χ3n) is 5.83. The van der Waals surface area contributed by atoms with Crippen LogP contribution >= 0.6 is 0 Å². The molecule has 2 aromatic carbocycles. The van der Waals surface area contributed by atoms with Crippen molar-refractivity contribution in [1.29, 1.82) is 0 Å². The summed E-state index contributed by atoms with van der Waals surface area (Å²) in [4.78, 5) is 29.9. The first-order valence-electron chi connectivity index (χ1n) is 10.6. The quantitative estimate of drug-likeness (QED) is 0.630. The molecule has 4 rings (SSSR count). The zero-order valence-corrected chi connectivity index (χ0v) is 18.2. The van der Waals surface area contributed by atoms with Crippen molar-refractivity contribution in [3.8, 4) is 0 Å². The Hall–Kier alpha value is -3.68. The summed E-state index contributed by atoms with van der Waals surface area (Å²) in [5.41, 5.74) is 3.74. The summed E-state index contributed by atoms with van der Waals surface area (Å²) in [6.45, 7) is 2.23. The first-order chi connectivity index (χ1) is 15.8. The number of hydrogen-bond donors (Lipinski definition) is 1. The van der Waals surface area contributed by atoms with Crippen LogP contribution < -0.4 is 10.2 Å². The Morgan fingerprint density at radius 2 is 1.88 bits per heavy atom. The highest BCUT2D eigenvalue weighted by Gasteiger charge is 2.29. The van der Waals surface area contributed by atoms with E-state index in [9.17, 15) is 22.8 Å². The van der Waals surface area contributed by atoms with Crippen LogP contribution in [0.15, 0.2) is 42.6 Å². The van der Waals surface area contributed by atoms with Gasteiger partial charge in [0, 0.05) is 25.2 Å². The maximum absolute atomic E-state index is 14.4. The van der Waals surface area contributed by atoms with Gasteiger partial charge in [0.05, 0.1) is 11.8 Å². The lowest BCUT2D eigenvalue weighted by molar-refractivity contribution is 0.0956. The topological polar surface area (TPSA) is 62.3 Å². The molecule has 0 unspecified atom stereocenters. The molecular formula is C25H22F3N3O2. The Bertz CT molecular complexity index is 1260. The second kappa shape index (κ2) is 9.05. The largest absolute Gasteiger partial charge is 0.355 e. The van der Waals surface area contributed by atoms with Crippen molar-refractivity contribution < 1.29 is 22.8 Å². The van der Waals surface area contributed by atoms with Gasteiger partial charge >= 0.3 is 0 Å². The number of aromatic nitrogens is 1. The summed E-state index contributed by atoms with van der Waals surface area (Å²) in [5.74, 6) is -3.47. The van der Waals surface area contributed by atoms with Crippen LogP contribution in [0.1, 0.15) is 49.9 Å². The zero-order valence-electron chi connectivity index (χ0n) is 18.2. The Morgan fingerprint density at radius 1 is 1.09 bits per heavy atom. The van der Waals surface area contributed by atoms with Crippen LogP contribution in [0.25, 0.3) is 0 Å². The molecule has 170 valence electrons. The number of rotatable bonds is 5. The van der Waals surface area contributed by atoms with Gasteiger partial charge in [-0.05, 0) is 59.7 Å². The molecule has 0 saturated heterocycles. The van der Waals surface area contributed by atoms with Gasteiger partial charge in [0.1, 0.15) is 11.6 Å². The molecule has 0 atom stereocenters. The van der Waals surface area contributed by atoms with Crippen molar-refractivity contribution >= 4 is 17.6 Å². The van der Waals surface area contributed by atoms with E-state index in [0.29, 0.717) is 36.5 Å². The maximum atomic E-state index is 14.4. The summed E-state index contributed by atoms with van der Waals surface area (Å²) < 4.78 is 41.9. The Balaban J connectivity index is 1.68. The molecule has 0 aliphatic carbocycles. The van der Waals surface area contributed by atoms with Crippen molar-refractivity contribution in [3.63, 3.8) is 0 Å². The molecule has 1 aliphatic rings. The number of nitrogens with one attached hydrogen (secondary N) is 1. The molecule has 1 aliphatic heterocycles. The second-order valence-corrected chi connectivity index (χ2v) is 7.87. The van der Waals surface area contributed by atoms with E-state index in [-0.39, 0.29) is 17.9 Å². The zero-order chi connectivity index (χ0) is 23.7. The van der Waals surface area contributed by atoms with E-state index >= 15 is 0 Å². The smallest absolute Gasteiger partial charge is 0.259 e. The molecule has 33 heavy (non-hydrogen) atoms. The predicted molar refractivity (Wildman–Crippen MR) is 118 cm³/mol. The van der Waals surface area contributed by atoms with Gasteiger partial charge in [-0.3, -0.25) is 14.5 Å². The third kappa shape index (κ3) is 4.33. The summed E-state index contributed by atoms with van der Waals surface area (Å²) in [5, 5.41) is 2.40. The van der Waals surface area contributed by atoms with Gasteiger partial charge in [-0.15, -0.1) is 0 Å². The van der Waals surface area contributed by atoms with E-state index in [2.05, 4.69) is 10.3 Å². The van der Waals surface area contributed by atoms with Crippen molar-refractivity contribution in [1.82, 2.24) is 10.3 Å². The normalized spacial score (nSPS) is 13.1. The number of halogens is 3. The number of carbonyl (C=O) groups is 2. The summed E-state index contributed by atoms with van der Waals surface area (Å²) in [6, 6.07) is 8.85. The first kappa shape index (κ1) is 22.5. The average molecular weight is 453 g/mol. The van der Waals surface area contributed by atoms with Gasteiger partial charge in [0.15, 0.2) is 11.6 Å². The number of nitrogens with zero attached hydrogens (tertiary/aromatic N) is 2. The van der Waals surface area contributed by atoms with Gasteiger partial charge in [-0.2, -0.15) is 0 Å². The lowest BCUT2D eigenvalue weighted by atomic mass is 9.89. The molecule has 0 bridgehead atoms. The minimum absolute atomic E-state index is 0.0398. The maximum Gasteiger partial charge on any atom is 0.259 e. The van der Waals surface area contributed by atoms with E-state index in [1.54, 1.807) is 12.1 Å². The van der Waals surface area contributed by atoms with Crippen LogP contribution in [0, 0.1) is 17.5 Å². The highest BCUT2D eigenvalue weighted by molar-refractivity contribution is 6.08. The minimum atomic E-state index is -0.899. The number of aryl methyl sites for hydroxylation is 1. The van der Waals surface area contributed by atoms with E-state index < -0.39 is 29.3 Å². The molecule has 0 radical (unpaired) electrons. The summed E-state index contributed by atoms with van der Waals surface area (Å²) in [7, 11) is 1.43. The fourth-order valence-corrected chi connectivity index (χ4v) is 4.13. The Kier molecular flexibility index (Phi) is 6.18. The van der Waals surface area contributed by atoms with Gasteiger partial charge < -0.3 is 5.32 Å². The first-order valence-corrected chi connectivity index (χ1v) is 10.6. The van der Waals surface area contributed by atoms with Crippen LogP contribution in [0.4, 0.5) is 19.0 Å². The van der Waals surface area contributed by atoms with E-state index in [1.807, 2.05) is 13.0 Å².